The fourth-order valence-electron chi connectivity index (χ4n) is 2.94. The van der Waals surface area contributed by atoms with Crippen LogP contribution < -0.4 is 10.5 Å². The van der Waals surface area contributed by atoms with E-state index in [1.54, 1.807) is 7.11 Å². The molecule has 1 fully saturated rings. The zero-order valence-corrected chi connectivity index (χ0v) is 13.1. The molecule has 7 heteroatoms. The van der Waals surface area contributed by atoms with Crippen molar-refractivity contribution in [3.63, 3.8) is 0 Å². The molecular weight excluding hydrogens is 309 g/mol. The van der Waals surface area contributed by atoms with Crippen LogP contribution in [0.2, 0.25) is 0 Å². The zero-order chi connectivity index (χ0) is 17.1. The van der Waals surface area contributed by atoms with E-state index < -0.39 is 11.8 Å². The number of likely N-dealkylation sites (tertiary alicyclic amines) is 1. The van der Waals surface area contributed by atoms with Gasteiger partial charge in [-0.1, -0.05) is 12.1 Å². The Morgan fingerprint density at radius 1 is 1.26 bits per heavy atom. The van der Waals surface area contributed by atoms with Crippen LogP contribution in [0.5, 0.6) is 5.75 Å². The largest absolute Gasteiger partial charge is 0.497 e. The average molecular weight is 332 g/mol. The molecule has 0 aromatic heterocycles. The Hall–Kier alpha value is -1.31. The van der Waals surface area contributed by atoms with E-state index >= 15 is 0 Å². The highest BCUT2D eigenvalue weighted by atomic mass is 19.4. The number of benzene rings is 1. The average Bonchev–Trinajstić information content (AvgIpc) is 2.53. The van der Waals surface area contributed by atoms with E-state index in [0.29, 0.717) is 13.0 Å². The minimum Gasteiger partial charge on any atom is -0.497 e. The maximum Gasteiger partial charge on any atom is 0.417 e. The molecule has 1 atom stereocenters. The summed E-state index contributed by atoms with van der Waals surface area (Å²) < 4.78 is 43.6. The molecule has 3 N–H and O–H groups in total. The van der Waals surface area contributed by atoms with E-state index in [1.807, 2.05) is 29.2 Å². The van der Waals surface area contributed by atoms with Crippen molar-refractivity contribution in [3.8, 4) is 5.75 Å². The first kappa shape index (κ1) is 18.0. The van der Waals surface area contributed by atoms with Gasteiger partial charge in [0.2, 0.25) is 0 Å². The molecule has 23 heavy (non-hydrogen) atoms. The highest BCUT2D eigenvalue weighted by Crippen LogP contribution is 2.38. The number of hydrogen-bond donors (Lipinski definition) is 2. The lowest BCUT2D eigenvalue weighted by Gasteiger charge is -2.42. The van der Waals surface area contributed by atoms with E-state index in [2.05, 4.69) is 0 Å². The number of nitrogens with zero attached hydrogens (tertiary/aromatic N) is 1. The van der Waals surface area contributed by atoms with Gasteiger partial charge in [-0.25, -0.2) is 0 Å². The Morgan fingerprint density at radius 2 is 1.83 bits per heavy atom. The quantitative estimate of drug-likeness (QED) is 0.865. The van der Waals surface area contributed by atoms with Crippen molar-refractivity contribution in [1.29, 1.82) is 0 Å². The SMILES string of the molecule is COc1ccc(C[C@@H](CN)N2CCC(O)(C(F)(F)F)CC2)cc1. The van der Waals surface area contributed by atoms with Gasteiger partial charge < -0.3 is 15.6 Å². The lowest BCUT2D eigenvalue weighted by molar-refractivity contribution is -0.273. The molecule has 0 bridgehead atoms. The summed E-state index contributed by atoms with van der Waals surface area (Å²) in [6.45, 7) is 0.735. The number of methoxy groups -OCH3 is 1. The van der Waals surface area contributed by atoms with Gasteiger partial charge >= 0.3 is 6.18 Å². The number of nitrogens with two attached hydrogens (primary N) is 1. The number of halogens is 3. The predicted molar refractivity (Wildman–Crippen MR) is 81.4 cm³/mol. The second-order valence-corrected chi connectivity index (χ2v) is 6.01. The van der Waals surface area contributed by atoms with E-state index in [1.165, 1.54) is 0 Å². The van der Waals surface area contributed by atoms with E-state index in [-0.39, 0.29) is 32.0 Å². The normalized spacial score (nSPS) is 20.3. The van der Waals surface area contributed by atoms with E-state index in [0.717, 1.165) is 11.3 Å². The van der Waals surface area contributed by atoms with Crippen LogP contribution in [0, 0.1) is 0 Å². The minimum absolute atomic E-state index is 0.0406. The number of aliphatic hydroxyl groups is 1. The summed E-state index contributed by atoms with van der Waals surface area (Å²) in [6, 6.07) is 7.51. The molecule has 1 aromatic carbocycles. The maximum absolute atomic E-state index is 12.8. The Morgan fingerprint density at radius 3 is 2.26 bits per heavy atom. The molecular formula is C16H23F3N2O2. The summed E-state index contributed by atoms with van der Waals surface area (Å²) in [5, 5.41) is 9.73. The number of rotatable bonds is 5. The summed E-state index contributed by atoms with van der Waals surface area (Å²) in [5.41, 5.74) is 4.30. The number of hydrogen-bond acceptors (Lipinski definition) is 4. The Bertz CT molecular complexity index is 497. The van der Waals surface area contributed by atoms with Gasteiger partial charge in [0.1, 0.15) is 5.75 Å². The van der Waals surface area contributed by atoms with Crippen molar-refractivity contribution in [3.05, 3.63) is 29.8 Å². The van der Waals surface area contributed by atoms with Crippen molar-refractivity contribution in [2.45, 2.75) is 37.1 Å². The Labute approximate surface area is 134 Å². The van der Waals surface area contributed by atoms with Gasteiger partial charge in [-0.2, -0.15) is 13.2 Å². The van der Waals surface area contributed by atoms with Crippen LogP contribution in [0.15, 0.2) is 24.3 Å². The first-order chi connectivity index (χ1) is 10.8. The Kier molecular flexibility index (Phi) is 5.54. The van der Waals surface area contributed by atoms with Crippen molar-refractivity contribution >= 4 is 0 Å². The molecule has 0 aliphatic carbocycles. The third-order valence-corrected chi connectivity index (χ3v) is 4.57. The second-order valence-electron chi connectivity index (χ2n) is 6.01. The molecule has 4 nitrogen and oxygen atoms in total. The molecule has 1 aromatic rings. The van der Waals surface area contributed by atoms with Gasteiger partial charge in [-0.05, 0) is 37.0 Å². The summed E-state index contributed by atoms with van der Waals surface area (Å²) in [7, 11) is 1.59. The maximum atomic E-state index is 12.8. The van der Waals surface area contributed by atoms with Gasteiger partial charge in [0.05, 0.1) is 7.11 Å². The third kappa shape index (κ3) is 4.16. The molecule has 1 heterocycles. The van der Waals surface area contributed by atoms with Crippen LogP contribution in [0.25, 0.3) is 0 Å². The van der Waals surface area contributed by atoms with Crippen LogP contribution in [-0.2, 0) is 6.42 Å². The molecule has 1 aliphatic heterocycles. The van der Waals surface area contributed by atoms with Crippen molar-refractivity contribution < 1.29 is 23.0 Å². The highest BCUT2D eigenvalue weighted by Gasteiger charge is 2.54. The fraction of sp³-hybridized carbons (Fsp3) is 0.625. The predicted octanol–water partition coefficient (Wildman–Crippen LogP) is 1.95. The van der Waals surface area contributed by atoms with Crippen LogP contribution in [0.4, 0.5) is 13.2 Å². The minimum atomic E-state index is -4.58. The van der Waals surface area contributed by atoms with Crippen molar-refractivity contribution in [1.82, 2.24) is 4.90 Å². The molecule has 0 unspecified atom stereocenters. The molecule has 2 rings (SSSR count). The van der Waals surface area contributed by atoms with Crippen LogP contribution in [0.1, 0.15) is 18.4 Å². The topological polar surface area (TPSA) is 58.7 Å². The first-order valence-corrected chi connectivity index (χ1v) is 7.65. The third-order valence-electron chi connectivity index (χ3n) is 4.57. The number of piperidine rings is 1. The van der Waals surface area contributed by atoms with Gasteiger partial charge in [0.25, 0.3) is 0 Å². The van der Waals surface area contributed by atoms with Gasteiger partial charge in [-0.3, -0.25) is 4.90 Å². The summed E-state index contributed by atoms with van der Waals surface area (Å²) in [4.78, 5) is 1.93. The molecule has 1 aliphatic rings. The molecule has 130 valence electrons. The summed E-state index contributed by atoms with van der Waals surface area (Å²) >= 11 is 0. The highest BCUT2D eigenvalue weighted by molar-refractivity contribution is 5.27. The van der Waals surface area contributed by atoms with Crippen LogP contribution >= 0.6 is 0 Å². The molecule has 1 saturated heterocycles. The first-order valence-electron chi connectivity index (χ1n) is 7.65. The van der Waals surface area contributed by atoms with Crippen LogP contribution in [0.3, 0.4) is 0 Å². The molecule has 0 amide bonds. The molecule has 0 saturated carbocycles. The lowest BCUT2D eigenvalue weighted by atomic mass is 9.89. The smallest absolute Gasteiger partial charge is 0.417 e. The number of ether oxygens (including phenoxy) is 1. The fourth-order valence-corrected chi connectivity index (χ4v) is 2.94. The summed E-state index contributed by atoms with van der Waals surface area (Å²) in [5.74, 6) is 0.756. The Balaban J connectivity index is 1.97. The molecule has 0 radical (unpaired) electrons. The summed E-state index contributed by atoms with van der Waals surface area (Å²) in [6.07, 6.45) is -4.54. The van der Waals surface area contributed by atoms with Gasteiger partial charge in [-0.15, -0.1) is 0 Å². The van der Waals surface area contributed by atoms with E-state index in [4.69, 9.17) is 10.5 Å². The monoisotopic (exact) mass is 332 g/mol. The van der Waals surface area contributed by atoms with E-state index in [9.17, 15) is 18.3 Å². The lowest BCUT2D eigenvalue weighted by Crippen LogP contribution is -2.56. The standard InChI is InChI=1S/C16H23F3N2O2/c1-23-14-4-2-12(3-5-14)10-13(11-20)21-8-6-15(22,7-9-21)16(17,18)19/h2-5,13,22H,6-11,20H2,1H3/t13-/m0/s1. The second kappa shape index (κ2) is 7.07. The van der Waals surface area contributed by atoms with Crippen molar-refractivity contribution in [2.75, 3.05) is 26.7 Å². The van der Waals surface area contributed by atoms with Gasteiger partial charge in [0.15, 0.2) is 5.60 Å². The van der Waals surface area contributed by atoms with Gasteiger partial charge in [0, 0.05) is 25.7 Å². The zero-order valence-electron chi connectivity index (χ0n) is 13.1. The van der Waals surface area contributed by atoms with Crippen molar-refractivity contribution in [2.24, 2.45) is 5.73 Å². The van der Waals surface area contributed by atoms with Crippen LogP contribution in [-0.4, -0.2) is 54.6 Å². The number of alkyl halides is 3. The molecule has 0 spiro atoms.